The molecule has 2 amide bonds. The predicted octanol–water partition coefficient (Wildman–Crippen LogP) is 1.48. The van der Waals surface area contributed by atoms with Crippen molar-refractivity contribution in [2.45, 2.75) is 32.1 Å². The second kappa shape index (κ2) is 7.35. The third-order valence-electron chi connectivity index (χ3n) is 4.18. The third kappa shape index (κ3) is 4.15. The molecule has 0 bridgehead atoms. The SMILES string of the molecule is O=C(CCc1ccc2c(c1)OCO2)NCCCN1CCCC1=O. The van der Waals surface area contributed by atoms with Gasteiger partial charge in [-0.05, 0) is 37.0 Å². The Morgan fingerprint density at radius 2 is 2.13 bits per heavy atom. The number of carbonyl (C=O) groups excluding carboxylic acids is 2. The van der Waals surface area contributed by atoms with Crippen LogP contribution in [0.15, 0.2) is 18.2 Å². The fraction of sp³-hybridized carbons (Fsp3) is 0.529. The van der Waals surface area contributed by atoms with Crippen molar-refractivity contribution < 1.29 is 19.1 Å². The molecule has 0 radical (unpaired) electrons. The lowest BCUT2D eigenvalue weighted by Crippen LogP contribution is -2.30. The summed E-state index contributed by atoms with van der Waals surface area (Å²) >= 11 is 0. The summed E-state index contributed by atoms with van der Waals surface area (Å²) in [5, 5.41) is 2.91. The molecule has 6 heteroatoms. The summed E-state index contributed by atoms with van der Waals surface area (Å²) in [6, 6.07) is 5.76. The van der Waals surface area contributed by atoms with E-state index in [1.54, 1.807) is 0 Å². The lowest BCUT2D eigenvalue weighted by atomic mass is 10.1. The number of carbonyl (C=O) groups is 2. The highest BCUT2D eigenvalue weighted by molar-refractivity contribution is 5.78. The van der Waals surface area contributed by atoms with E-state index >= 15 is 0 Å². The summed E-state index contributed by atoms with van der Waals surface area (Å²) in [6.45, 7) is 2.47. The van der Waals surface area contributed by atoms with Gasteiger partial charge in [0.2, 0.25) is 18.6 Å². The summed E-state index contributed by atoms with van der Waals surface area (Å²) in [5.74, 6) is 1.78. The smallest absolute Gasteiger partial charge is 0.231 e. The zero-order valence-electron chi connectivity index (χ0n) is 13.2. The molecule has 1 N–H and O–H groups in total. The standard InChI is InChI=1S/C17H22N2O4/c20-16(18-8-2-10-19-9-1-3-17(19)21)7-5-13-4-6-14-15(11-13)23-12-22-14/h4,6,11H,1-3,5,7-10,12H2,(H,18,20). The highest BCUT2D eigenvalue weighted by Crippen LogP contribution is 2.32. The van der Waals surface area contributed by atoms with Gasteiger partial charge in [-0.1, -0.05) is 6.07 Å². The van der Waals surface area contributed by atoms with Gasteiger partial charge in [-0.25, -0.2) is 0 Å². The third-order valence-corrected chi connectivity index (χ3v) is 4.18. The molecule has 1 fully saturated rings. The number of likely N-dealkylation sites (tertiary alicyclic amines) is 1. The maximum absolute atomic E-state index is 11.9. The number of rotatable bonds is 7. The average Bonchev–Trinajstić information content (AvgIpc) is 3.18. The Kier molecular flexibility index (Phi) is 5.00. The number of ether oxygens (including phenoxy) is 2. The largest absolute Gasteiger partial charge is 0.454 e. The minimum atomic E-state index is 0.0374. The van der Waals surface area contributed by atoms with Crippen molar-refractivity contribution in [1.82, 2.24) is 10.2 Å². The molecule has 1 aromatic rings. The summed E-state index contributed by atoms with van der Waals surface area (Å²) in [4.78, 5) is 25.2. The van der Waals surface area contributed by atoms with E-state index in [1.165, 1.54) is 0 Å². The number of fused-ring (bicyclic) bond motifs is 1. The predicted molar refractivity (Wildman–Crippen MR) is 84.3 cm³/mol. The van der Waals surface area contributed by atoms with Crippen LogP contribution in [0.1, 0.15) is 31.2 Å². The van der Waals surface area contributed by atoms with Gasteiger partial charge in [-0.2, -0.15) is 0 Å². The minimum absolute atomic E-state index is 0.0374. The zero-order valence-corrected chi connectivity index (χ0v) is 13.2. The Hall–Kier alpha value is -2.24. The number of aryl methyl sites for hydroxylation is 1. The van der Waals surface area contributed by atoms with Crippen molar-refractivity contribution in [1.29, 1.82) is 0 Å². The van der Waals surface area contributed by atoms with E-state index in [4.69, 9.17) is 9.47 Å². The minimum Gasteiger partial charge on any atom is -0.454 e. The van der Waals surface area contributed by atoms with Crippen LogP contribution in [0, 0.1) is 0 Å². The van der Waals surface area contributed by atoms with Crippen LogP contribution in [0.25, 0.3) is 0 Å². The second-order valence-corrected chi connectivity index (χ2v) is 5.88. The molecule has 1 saturated heterocycles. The molecule has 1 aromatic carbocycles. The Bertz CT molecular complexity index is 588. The molecule has 0 aliphatic carbocycles. The number of hydrogen-bond acceptors (Lipinski definition) is 4. The fourth-order valence-corrected chi connectivity index (χ4v) is 2.88. The normalized spacial score (nSPS) is 16.0. The van der Waals surface area contributed by atoms with Gasteiger partial charge < -0.3 is 19.7 Å². The number of nitrogens with one attached hydrogen (secondary N) is 1. The summed E-state index contributed by atoms with van der Waals surface area (Å²) in [6.07, 6.45) is 3.56. The van der Waals surface area contributed by atoms with E-state index in [2.05, 4.69) is 5.32 Å². The molecular formula is C17H22N2O4. The van der Waals surface area contributed by atoms with Crippen molar-refractivity contribution in [3.63, 3.8) is 0 Å². The first-order valence-corrected chi connectivity index (χ1v) is 8.15. The number of benzene rings is 1. The van der Waals surface area contributed by atoms with Gasteiger partial charge in [0.1, 0.15) is 0 Å². The monoisotopic (exact) mass is 318 g/mol. The quantitative estimate of drug-likeness (QED) is 0.773. The zero-order chi connectivity index (χ0) is 16.1. The van der Waals surface area contributed by atoms with Gasteiger partial charge in [-0.3, -0.25) is 9.59 Å². The van der Waals surface area contributed by atoms with Gasteiger partial charge in [0, 0.05) is 32.5 Å². The molecule has 2 heterocycles. The number of amides is 2. The maximum atomic E-state index is 11.9. The van der Waals surface area contributed by atoms with Crippen molar-refractivity contribution in [3.05, 3.63) is 23.8 Å². The Morgan fingerprint density at radius 1 is 1.26 bits per heavy atom. The first kappa shape index (κ1) is 15.6. The van der Waals surface area contributed by atoms with E-state index in [0.717, 1.165) is 43.0 Å². The number of hydrogen-bond donors (Lipinski definition) is 1. The van der Waals surface area contributed by atoms with Gasteiger partial charge in [0.05, 0.1) is 0 Å². The second-order valence-electron chi connectivity index (χ2n) is 5.88. The van der Waals surface area contributed by atoms with Crippen LogP contribution >= 0.6 is 0 Å². The van der Waals surface area contributed by atoms with Crippen molar-refractivity contribution >= 4 is 11.8 Å². The van der Waals surface area contributed by atoms with Crippen LogP contribution in [0.4, 0.5) is 0 Å². The van der Waals surface area contributed by atoms with Crippen molar-refractivity contribution in [2.24, 2.45) is 0 Å². The fourth-order valence-electron chi connectivity index (χ4n) is 2.88. The molecule has 0 saturated carbocycles. The average molecular weight is 318 g/mol. The van der Waals surface area contributed by atoms with Crippen LogP contribution in [0.2, 0.25) is 0 Å². The van der Waals surface area contributed by atoms with Crippen LogP contribution < -0.4 is 14.8 Å². The first-order chi connectivity index (χ1) is 11.2. The van der Waals surface area contributed by atoms with E-state index in [9.17, 15) is 9.59 Å². The van der Waals surface area contributed by atoms with Crippen LogP contribution in [0.5, 0.6) is 11.5 Å². The van der Waals surface area contributed by atoms with Gasteiger partial charge in [0.15, 0.2) is 11.5 Å². The molecule has 2 aliphatic heterocycles. The van der Waals surface area contributed by atoms with E-state index in [0.29, 0.717) is 25.8 Å². The van der Waals surface area contributed by atoms with Crippen LogP contribution in [0.3, 0.4) is 0 Å². The topological polar surface area (TPSA) is 67.9 Å². The lowest BCUT2D eigenvalue weighted by molar-refractivity contribution is -0.127. The number of nitrogens with zero attached hydrogens (tertiary/aromatic N) is 1. The van der Waals surface area contributed by atoms with E-state index in [1.807, 2.05) is 23.1 Å². The molecule has 0 spiro atoms. The summed E-state index contributed by atoms with van der Waals surface area (Å²) in [5.41, 5.74) is 1.06. The summed E-state index contributed by atoms with van der Waals surface area (Å²) in [7, 11) is 0. The van der Waals surface area contributed by atoms with E-state index < -0.39 is 0 Å². The Balaban J connectivity index is 1.32. The van der Waals surface area contributed by atoms with Crippen molar-refractivity contribution in [2.75, 3.05) is 26.4 Å². The Morgan fingerprint density at radius 3 is 2.96 bits per heavy atom. The molecule has 124 valence electrons. The first-order valence-electron chi connectivity index (χ1n) is 8.15. The van der Waals surface area contributed by atoms with Gasteiger partial charge in [-0.15, -0.1) is 0 Å². The molecule has 0 atom stereocenters. The van der Waals surface area contributed by atoms with Crippen LogP contribution in [-0.4, -0.2) is 43.1 Å². The highest BCUT2D eigenvalue weighted by Gasteiger charge is 2.19. The van der Waals surface area contributed by atoms with Gasteiger partial charge >= 0.3 is 0 Å². The molecule has 0 unspecified atom stereocenters. The van der Waals surface area contributed by atoms with Crippen molar-refractivity contribution in [3.8, 4) is 11.5 Å². The molecule has 0 aromatic heterocycles. The van der Waals surface area contributed by atoms with Crippen LogP contribution in [-0.2, 0) is 16.0 Å². The molecular weight excluding hydrogens is 296 g/mol. The molecule has 6 nitrogen and oxygen atoms in total. The highest BCUT2D eigenvalue weighted by atomic mass is 16.7. The molecule has 3 rings (SSSR count). The lowest BCUT2D eigenvalue weighted by Gasteiger charge is -2.15. The molecule has 2 aliphatic rings. The maximum Gasteiger partial charge on any atom is 0.231 e. The molecule has 23 heavy (non-hydrogen) atoms. The summed E-state index contributed by atoms with van der Waals surface area (Å²) < 4.78 is 10.6. The van der Waals surface area contributed by atoms with Gasteiger partial charge in [0.25, 0.3) is 0 Å². The Labute approximate surface area is 135 Å². The van der Waals surface area contributed by atoms with E-state index in [-0.39, 0.29) is 18.6 Å².